The fraction of sp³-hybridized carbons (Fsp3) is 0.364. The predicted octanol–water partition coefficient (Wildman–Crippen LogP) is 3.55. The van der Waals surface area contributed by atoms with E-state index in [1.807, 2.05) is 25.1 Å². The number of aliphatic imine (C=N–C) groups is 1. The first-order valence-corrected chi connectivity index (χ1v) is 6.15. The molecule has 1 atom stereocenters. The zero-order valence-electron chi connectivity index (χ0n) is 8.75. The highest BCUT2D eigenvalue weighted by atomic mass is 35.5. The molecule has 0 bridgehead atoms. The van der Waals surface area contributed by atoms with Crippen molar-refractivity contribution in [3.63, 3.8) is 0 Å². The van der Waals surface area contributed by atoms with Gasteiger partial charge >= 0.3 is 0 Å². The van der Waals surface area contributed by atoms with E-state index in [1.54, 1.807) is 11.8 Å². The summed E-state index contributed by atoms with van der Waals surface area (Å²) in [7, 11) is 0. The SMILES string of the molecule is Cc1ccc(NC2=NCC(C)S2)cc1Cl. The number of hydrogen-bond acceptors (Lipinski definition) is 3. The highest BCUT2D eigenvalue weighted by Gasteiger charge is 2.14. The van der Waals surface area contributed by atoms with Crippen LogP contribution in [0.5, 0.6) is 0 Å². The Bertz CT molecular complexity index is 404. The van der Waals surface area contributed by atoms with Gasteiger partial charge in [0.25, 0.3) is 0 Å². The molecule has 0 aromatic heterocycles. The van der Waals surface area contributed by atoms with Crippen LogP contribution in [0.2, 0.25) is 5.02 Å². The molecule has 1 aliphatic heterocycles. The summed E-state index contributed by atoms with van der Waals surface area (Å²) in [5.74, 6) is 0. The van der Waals surface area contributed by atoms with Gasteiger partial charge in [-0.1, -0.05) is 36.4 Å². The molecule has 0 saturated carbocycles. The van der Waals surface area contributed by atoms with E-state index in [-0.39, 0.29) is 0 Å². The van der Waals surface area contributed by atoms with Crippen LogP contribution in [-0.2, 0) is 0 Å². The van der Waals surface area contributed by atoms with Crippen molar-refractivity contribution in [3.8, 4) is 0 Å². The van der Waals surface area contributed by atoms with E-state index in [4.69, 9.17) is 11.6 Å². The maximum atomic E-state index is 6.04. The Morgan fingerprint density at radius 3 is 2.93 bits per heavy atom. The second-order valence-electron chi connectivity index (χ2n) is 3.66. The molecule has 4 heteroatoms. The number of amidine groups is 1. The van der Waals surface area contributed by atoms with Crippen LogP contribution in [0.25, 0.3) is 0 Å². The first-order chi connectivity index (χ1) is 7.15. The van der Waals surface area contributed by atoms with E-state index in [0.29, 0.717) is 5.25 Å². The van der Waals surface area contributed by atoms with Crippen LogP contribution in [-0.4, -0.2) is 17.0 Å². The zero-order valence-corrected chi connectivity index (χ0v) is 10.3. The largest absolute Gasteiger partial charge is 0.335 e. The van der Waals surface area contributed by atoms with Gasteiger partial charge in [0.15, 0.2) is 5.17 Å². The lowest BCUT2D eigenvalue weighted by Crippen LogP contribution is -2.05. The van der Waals surface area contributed by atoms with Gasteiger partial charge in [-0.25, -0.2) is 0 Å². The second-order valence-corrected chi connectivity index (χ2v) is 5.50. The molecule has 0 saturated heterocycles. The summed E-state index contributed by atoms with van der Waals surface area (Å²) in [6.45, 7) is 5.06. The number of hydrogen-bond donors (Lipinski definition) is 1. The average molecular weight is 241 g/mol. The monoisotopic (exact) mass is 240 g/mol. The molecular formula is C11H13ClN2S. The van der Waals surface area contributed by atoms with Crippen molar-refractivity contribution < 1.29 is 0 Å². The zero-order chi connectivity index (χ0) is 10.8. The summed E-state index contributed by atoms with van der Waals surface area (Å²) >= 11 is 7.81. The van der Waals surface area contributed by atoms with Crippen molar-refractivity contribution in [3.05, 3.63) is 28.8 Å². The highest BCUT2D eigenvalue weighted by Crippen LogP contribution is 2.24. The second kappa shape index (κ2) is 4.45. The number of thioether (sulfide) groups is 1. The fourth-order valence-electron chi connectivity index (χ4n) is 1.34. The third-order valence-electron chi connectivity index (χ3n) is 2.23. The quantitative estimate of drug-likeness (QED) is 0.812. The molecule has 1 aromatic rings. The highest BCUT2D eigenvalue weighted by molar-refractivity contribution is 8.15. The van der Waals surface area contributed by atoms with Crippen molar-refractivity contribution in [1.82, 2.24) is 0 Å². The maximum absolute atomic E-state index is 6.04. The molecule has 0 fully saturated rings. The van der Waals surface area contributed by atoms with Gasteiger partial charge in [-0.3, -0.25) is 4.99 Å². The van der Waals surface area contributed by atoms with Crippen LogP contribution in [0, 0.1) is 6.92 Å². The number of benzene rings is 1. The average Bonchev–Trinajstić information content (AvgIpc) is 2.58. The van der Waals surface area contributed by atoms with Gasteiger partial charge in [0.2, 0.25) is 0 Å². The standard InChI is InChI=1S/C11H13ClN2S/c1-7-3-4-9(5-10(7)12)14-11-13-6-8(2)15-11/h3-5,8H,6H2,1-2H3,(H,13,14). The molecule has 1 heterocycles. The number of anilines is 1. The third kappa shape index (κ3) is 2.67. The van der Waals surface area contributed by atoms with Gasteiger partial charge in [0.05, 0.1) is 6.54 Å². The molecule has 1 aliphatic rings. The summed E-state index contributed by atoms with van der Waals surface area (Å²) in [5.41, 5.74) is 2.10. The van der Waals surface area contributed by atoms with E-state index in [1.165, 1.54) is 0 Å². The van der Waals surface area contributed by atoms with Gasteiger partial charge in [-0.2, -0.15) is 0 Å². The lowest BCUT2D eigenvalue weighted by atomic mass is 10.2. The number of nitrogens with zero attached hydrogens (tertiary/aromatic N) is 1. The molecule has 1 aromatic carbocycles. The van der Waals surface area contributed by atoms with E-state index < -0.39 is 0 Å². The number of aryl methyl sites for hydroxylation is 1. The van der Waals surface area contributed by atoms with Crippen molar-refractivity contribution in [1.29, 1.82) is 0 Å². The van der Waals surface area contributed by atoms with Crippen LogP contribution in [0.15, 0.2) is 23.2 Å². The normalized spacial score (nSPS) is 20.2. The van der Waals surface area contributed by atoms with Gasteiger partial charge in [-0.15, -0.1) is 0 Å². The molecule has 80 valence electrons. The first-order valence-electron chi connectivity index (χ1n) is 4.89. The van der Waals surface area contributed by atoms with Crippen LogP contribution in [0.1, 0.15) is 12.5 Å². The number of halogens is 1. The smallest absolute Gasteiger partial charge is 0.161 e. The molecule has 1 unspecified atom stereocenters. The molecule has 0 radical (unpaired) electrons. The topological polar surface area (TPSA) is 24.4 Å². The molecule has 0 aliphatic carbocycles. The van der Waals surface area contributed by atoms with E-state index in [9.17, 15) is 0 Å². The van der Waals surface area contributed by atoms with Crippen LogP contribution in [0.4, 0.5) is 5.69 Å². The van der Waals surface area contributed by atoms with Gasteiger partial charge < -0.3 is 5.32 Å². The summed E-state index contributed by atoms with van der Waals surface area (Å²) in [5, 5.41) is 5.62. The first kappa shape index (κ1) is 10.8. The minimum absolute atomic E-state index is 0.577. The summed E-state index contributed by atoms with van der Waals surface area (Å²) in [6, 6.07) is 5.96. The number of nitrogens with one attached hydrogen (secondary N) is 1. The summed E-state index contributed by atoms with van der Waals surface area (Å²) in [4.78, 5) is 4.39. The maximum Gasteiger partial charge on any atom is 0.161 e. The predicted molar refractivity (Wildman–Crippen MR) is 69.2 cm³/mol. The van der Waals surface area contributed by atoms with Gasteiger partial charge in [0, 0.05) is 16.0 Å². The molecule has 0 amide bonds. The molecule has 1 N–H and O–H groups in total. The van der Waals surface area contributed by atoms with E-state index in [2.05, 4.69) is 17.2 Å². The molecule has 2 nitrogen and oxygen atoms in total. The van der Waals surface area contributed by atoms with E-state index >= 15 is 0 Å². The summed E-state index contributed by atoms with van der Waals surface area (Å²) in [6.07, 6.45) is 0. The molecule has 15 heavy (non-hydrogen) atoms. The minimum Gasteiger partial charge on any atom is -0.335 e. The number of rotatable bonds is 1. The van der Waals surface area contributed by atoms with Crippen LogP contribution in [0.3, 0.4) is 0 Å². The van der Waals surface area contributed by atoms with Crippen molar-refractivity contribution >= 4 is 34.2 Å². The molecule has 0 spiro atoms. The van der Waals surface area contributed by atoms with E-state index in [0.717, 1.165) is 28.0 Å². The minimum atomic E-state index is 0.577. The Morgan fingerprint density at radius 2 is 2.33 bits per heavy atom. The third-order valence-corrected chi connectivity index (χ3v) is 3.64. The molecular weight excluding hydrogens is 228 g/mol. The van der Waals surface area contributed by atoms with Gasteiger partial charge in [-0.05, 0) is 24.6 Å². The van der Waals surface area contributed by atoms with Crippen molar-refractivity contribution in [2.75, 3.05) is 11.9 Å². The Morgan fingerprint density at radius 1 is 1.53 bits per heavy atom. The molecule has 2 rings (SSSR count). The Labute approximate surface area is 99.1 Å². The lowest BCUT2D eigenvalue weighted by molar-refractivity contribution is 0.976. The lowest BCUT2D eigenvalue weighted by Gasteiger charge is -2.07. The van der Waals surface area contributed by atoms with Crippen molar-refractivity contribution in [2.24, 2.45) is 4.99 Å². The van der Waals surface area contributed by atoms with Crippen LogP contribution >= 0.6 is 23.4 Å². The Balaban J connectivity index is 2.08. The van der Waals surface area contributed by atoms with Crippen LogP contribution < -0.4 is 5.32 Å². The van der Waals surface area contributed by atoms with Crippen molar-refractivity contribution in [2.45, 2.75) is 19.1 Å². The fourth-order valence-corrected chi connectivity index (χ4v) is 2.38. The Kier molecular flexibility index (Phi) is 3.22. The Hall–Kier alpha value is -0.670. The summed E-state index contributed by atoms with van der Waals surface area (Å²) < 4.78 is 0. The van der Waals surface area contributed by atoms with Gasteiger partial charge in [0.1, 0.15) is 0 Å².